The number of aryl methyl sites for hydroxylation is 1. The van der Waals surface area contributed by atoms with Crippen LogP contribution in [-0.4, -0.2) is 19.0 Å². The predicted octanol–water partition coefficient (Wildman–Crippen LogP) is 4.27. The van der Waals surface area contributed by atoms with Gasteiger partial charge in [-0.2, -0.15) is 0 Å². The normalized spacial score (nSPS) is 11.6. The molecule has 0 bridgehead atoms. The maximum absolute atomic E-state index is 11.9. The zero-order valence-electron chi connectivity index (χ0n) is 12.7. The largest absolute Gasteiger partial charge is 0.373 e. The highest BCUT2D eigenvalue weighted by Gasteiger charge is 2.11. The molecule has 0 unspecified atom stereocenters. The summed E-state index contributed by atoms with van der Waals surface area (Å²) in [4.78, 5) is 11.9. The molecule has 2 nitrogen and oxygen atoms in total. The Morgan fingerprint density at radius 2 is 1.79 bits per heavy atom. The molecule has 0 radical (unpaired) electrons. The first-order valence-electron chi connectivity index (χ1n) is 7.12. The molecule has 0 N–H and O–H groups in total. The van der Waals surface area contributed by atoms with E-state index in [1.165, 1.54) is 5.56 Å². The van der Waals surface area contributed by atoms with E-state index < -0.39 is 0 Å². The van der Waals surface area contributed by atoms with E-state index in [-0.39, 0.29) is 17.8 Å². The van der Waals surface area contributed by atoms with Crippen molar-refractivity contribution in [3.8, 4) is 0 Å². The van der Waals surface area contributed by atoms with Crippen LogP contribution in [0.2, 0.25) is 0 Å². The lowest BCUT2D eigenvalue weighted by atomic mass is 9.93. The summed E-state index contributed by atoms with van der Waals surface area (Å²) >= 11 is 0. The van der Waals surface area contributed by atoms with Gasteiger partial charge >= 0.3 is 0 Å². The van der Waals surface area contributed by atoms with Gasteiger partial charge in [0.25, 0.3) is 0 Å². The van der Waals surface area contributed by atoms with Crippen molar-refractivity contribution in [2.75, 3.05) is 13.2 Å². The lowest BCUT2D eigenvalue weighted by molar-refractivity contribution is 0.0705. The summed E-state index contributed by atoms with van der Waals surface area (Å²) in [5.41, 5.74) is 2.29. The number of hydrogen-bond acceptors (Lipinski definition) is 2. The number of benzene rings is 1. The number of carbonyl (C=O) groups is 1. The molecular weight excluding hydrogens is 236 g/mol. The van der Waals surface area contributed by atoms with E-state index in [0.29, 0.717) is 6.61 Å². The van der Waals surface area contributed by atoms with E-state index in [1.54, 1.807) is 0 Å². The van der Waals surface area contributed by atoms with Gasteiger partial charge in [-0.25, -0.2) is 0 Å². The SMILES string of the molecule is CCCc1ccc(C(=O)COCCC(C)(C)C)cc1. The monoisotopic (exact) mass is 262 g/mol. The summed E-state index contributed by atoms with van der Waals surface area (Å²) in [5, 5.41) is 0. The molecule has 1 aromatic rings. The summed E-state index contributed by atoms with van der Waals surface area (Å²) < 4.78 is 5.45. The molecule has 0 aromatic heterocycles. The molecule has 0 saturated heterocycles. The maximum Gasteiger partial charge on any atom is 0.188 e. The van der Waals surface area contributed by atoms with Crippen molar-refractivity contribution >= 4 is 5.78 Å². The molecule has 1 aromatic carbocycles. The van der Waals surface area contributed by atoms with Gasteiger partial charge < -0.3 is 4.74 Å². The number of rotatable bonds is 7. The average molecular weight is 262 g/mol. The third kappa shape index (κ3) is 6.53. The molecule has 0 saturated carbocycles. The second-order valence-electron chi connectivity index (χ2n) is 6.23. The quantitative estimate of drug-likeness (QED) is 0.541. The molecule has 0 atom stereocenters. The number of carbonyl (C=O) groups excluding carboxylic acids is 1. The Morgan fingerprint density at radius 3 is 2.32 bits per heavy atom. The third-order valence-corrected chi connectivity index (χ3v) is 3.04. The smallest absolute Gasteiger partial charge is 0.188 e. The summed E-state index contributed by atoms with van der Waals surface area (Å²) in [6.07, 6.45) is 3.16. The van der Waals surface area contributed by atoms with E-state index in [9.17, 15) is 4.79 Å². The second-order valence-corrected chi connectivity index (χ2v) is 6.23. The fraction of sp³-hybridized carbons (Fsp3) is 0.588. The summed E-state index contributed by atoms with van der Waals surface area (Å²) in [6.45, 7) is 9.49. The van der Waals surface area contributed by atoms with Crippen LogP contribution in [0.5, 0.6) is 0 Å². The van der Waals surface area contributed by atoms with Crippen LogP contribution in [0, 0.1) is 5.41 Å². The highest BCUT2D eigenvalue weighted by Crippen LogP contribution is 2.18. The van der Waals surface area contributed by atoms with Crippen molar-refractivity contribution in [2.24, 2.45) is 5.41 Å². The minimum absolute atomic E-state index is 0.0666. The lowest BCUT2D eigenvalue weighted by Gasteiger charge is -2.17. The van der Waals surface area contributed by atoms with Gasteiger partial charge in [-0.05, 0) is 23.8 Å². The molecular formula is C17H26O2. The van der Waals surface area contributed by atoms with Crippen molar-refractivity contribution in [3.05, 3.63) is 35.4 Å². The van der Waals surface area contributed by atoms with Gasteiger partial charge in [0.15, 0.2) is 5.78 Å². The van der Waals surface area contributed by atoms with Gasteiger partial charge in [0, 0.05) is 12.2 Å². The Labute approximate surface area is 117 Å². The van der Waals surface area contributed by atoms with Crippen LogP contribution < -0.4 is 0 Å². The van der Waals surface area contributed by atoms with Crippen LogP contribution in [0.25, 0.3) is 0 Å². The zero-order chi connectivity index (χ0) is 14.3. The highest BCUT2D eigenvalue weighted by molar-refractivity contribution is 5.97. The standard InChI is InChI=1S/C17H26O2/c1-5-6-14-7-9-15(10-8-14)16(18)13-19-12-11-17(2,3)4/h7-10H,5-6,11-13H2,1-4H3. The summed E-state index contributed by atoms with van der Waals surface area (Å²) in [6, 6.07) is 7.87. The number of hydrogen-bond donors (Lipinski definition) is 0. The van der Waals surface area contributed by atoms with Gasteiger partial charge in [0.2, 0.25) is 0 Å². The van der Waals surface area contributed by atoms with E-state index in [0.717, 1.165) is 24.8 Å². The van der Waals surface area contributed by atoms with Gasteiger partial charge in [-0.1, -0.05) is 58.4 Å². The molecule has 0 spiro atoms. The maximum atomic E-state index is 11.9. The number of ketones is 1. The first-order valence-corrected chi connectivity index (χ1v) is 7.12. The van der Waals surface area contributed by atoms with Gasteiger partial charge in [-0.3, -0.25) is 4.79 Å². The van der Waals surface area contributed by atoms with Gasteiger partial charge in [0.05, 0.1) is 0 Å². The molecule has 1 rings (SSSR count). The van der Waals surface area contributed by atoms with Crippen molar-refractivity contribution in [1.82, 2.24) is 0 Å². The molecule has 19 heavy (non-hydrogen) atoms. The van der Waals surface area contributed by atoms with E-state index in [2.05, 4.69) is 27.7 Å². The molecule has 0 aliphatic carbocycles. The topological polar surface area (TPSA) is 26.3 Å². The Kier molecular flexibility index (Phi) is 6.23. The van der Waals surface area contributed by atoms with Crippen molar-refractivity contribution in [2.45, 2.75) is 47.0 Å². The molecule has 0 amide bonds. The van der Waals surface area contributed by atoms with Crippen molar-refractivity contribution < 1.29 is 9.53 Å². The van der Waals surface area contributed by atoms with Crippen LogP contribution >= 0.6 is 0 Å². The third-order valence-electron chi connectivity index (χ3n) is 3.04. The van der Waals surface area contributed by atoms with Crippen molar-refractivity contribution in [3.63, 3.8) is 0 Å². The Balaban J connectivity index is 2.37. The van der Waals surface area contributed by atoms with Crippen LogP contribution in [0.15, 0.2) is 24.3 Å². The number of ether oxygens (including phenoxy) is 1. The Hall–Kier alpha value is -1.15. The van der Waals surface area contributed by atoms with Crippen LogP contribution in [0.1, 0.15) is 56.5 Å². The van der Waals surface area contributed by atoms with Gasteiger partial charge in [-0.15, -0.1) is 0 Å². The van der Waals surface area contributed by atoms with Crippen LogP contribution in [0.3, 0.4) is 0 Å². The first-order chi connectivity index (χ1) is 8.92. The lowest BCUT2D eigenvalue weighted by Crippen LogP contribution is -2.14. The van der Waals surface area contributed by atoms with E-state index >= 15 is 0 Å². The molecule has 2 heteroatoms. The number of Topliss-reactive ketones (excluding diaryl/α,β-unsaturated/α-hetero) is 1. The average Bonchev–Trinajstić information content (AvgIpc) is 2.34. The van der Waals surface area contributed by atoms with E-state index in [1.807, 2.05) is 24.3 Å². The fourth-order valence-corrected chi connectivity index (χ4v) is 1.77. The molecule has 0 heterocycles. The summed E-state index contributed by atoms with van der Waals surface area (Å²) in [5.74, 6) is 0.0666. The van der Waals surface area contributed by atoms with Gasteiger partial charge in [0.1, 0.15) is 6.61 Å². The van der Waals surface area contributed by atoms with Crippen molar-refractivity contribution in [1.29, 1.82) is 0 Å². The summed E-state index contributed by atoms with van der Waals surface area (Å²) in [7, 11) is 0. The molecule has 0 aliphatic heterocycles. The fourth-order valence-electron chi connectivity index (χ4n) is 1.77. The minimum atomic E-state index is 0.0666. The van der Waals surface area contributed by atoms with Crippen LogP contribution in [-0.2, 0) is 11.2 Å². The second kappa shape index (κ2) is 7.44. The first kappa shape index (κ1) is 15.9. The molecule has 0 aliphatic rings. The zero-order valence-corrected chi connectivity index (χ0v) is 12.7. The molecule has 0 fully saturated rings. The Morgan fingerprint density at radius 1 is 1.16 bits per heavy atom. The Bertz CT molecular complexity index is 385. The van der Waals surface area contributed by atoms with Crippen LogP contribution in [0.4, 0.5) is 0 Å². The highest BCUT2D eigenvalue weighted by atomic mass is 16.5. The predicted molar refractivity (Wildman–Crippen MR) is 79.7 cm³/mol. The van der Waals surface area contributed by atoms with E-state index in [4.69, 9.17) is 4.74 Å². The molecule has 106 valence electrons. The minimum Gasteiger partial charge on any atom is -0.373 e.